The number of amides is 2. The summed E-state index contributed by atoms with van der Waals surface area (Å²) in [5.74, 6) is 0.583. The number of rotatable bonds is 7. The standard InChI is InChI=1S/C30H39N5O5S.C2H6/c1-6-11-38-24-15-35(14-22(24)34-29(37)40-30(3,4)5)20-9-8-18-12-19(16-39-23(18)13-20)33-27(36)26-25(31)21-10-7-17(2)32-28(21)41-26;1-2/h7-10,13,19,22,24H,6,11-12,14-16,31H2,1-5H3,(H,33,36)(H,34,37);1-2H3. The molecule has 0 aliphatic carbocycles. The Hall–Kier alpha value is -3.57. The minimum atomic E-state index is -0.573. The molecule has 3 aromatic rings. The summed E-state index contributed by atoms with van der Waals surface area (Å²) in [4.78, 5) is 33.5. The molecule has 1 aromatic carbocycles. The molecule has 2 aliphatic heterocycles. The normalized spacial score (nSPS) is 19.6. The van der Waals surface area contributed by atoms with Crippen LogP contribution in [0.25, 0.3) is 10.2 Å². The fraction of sp³-hybridized carbons (Fsp3) is 0.531. The number of fused-ring (bicyclic) bond motifs is 2. The van der Waals surface area contributed by atoms with Crippen molar-refractivity contribution in [3.63, 3.8) is 0 Å². The summed E-state index contributed by atoms with van der Waals surface area (Å²) in [6.45, 7) is 15.7. The van der Waals surface area contributed by atoms with Gasteiger partial charge in [-0.05, 0) is 64.3 Å². The molecule has 234 valence electrons. The summed E-state index contributed by atoms with van der Waals surface area (Å²) < 4.78 is 17.7. The first-order chi connectivity index (χ1) is 20.5. The number of alkyl carbamates (subject to hydrolysis) is 1. The molecule has 3 atom stereocenters. The van der Waals surface area contributed by atoms with E-state index >= 15 is 0 Å². The molecule has 4 N–H and O–H groups in total. The van der Waals surface area contributed by atoms with Crippen molar-refractivity contribution < 1.29 is 23.8 Å². The van der Waals surface area contributed by atoms with Crippen molar-refractivity contribution in [2.24, 2.45) is 0 Å². The lowest BCUT2D eigenvalue weighted by atomic mass is 10.0. The van der Waals surface area contributed by atoms with E-state index in [4.69, 9.17) is 19.9 Å². The number of aromatic nitrogens is 1. The van der Waals surface area contributed by atoms with Crippen LogP contribution in [0.15, 0.2) is 30.3 Å². The number of nitrogens with two attached hydrogens (primary N) is 1. The predicted molar refractivity (Wildman–Crippen MR) is 172 cm³/mol. The maximum atomic E-state index is 13.1. The Morgan fingerprint density at radius 1 is 1.16 bits per heavy atom. The van der Waals surface area contributed by atoms with Crippen LogP contribution in [0, 0.1) is 6.92 Å². The lowest BCUT2D eigenvalue weighted by Crippen LogP contribution is -2.46. The molecule has 1 saturated heterocycles. The number of nitrogens with one attached hydrogen (secondary N) is 2. The topological polar surface area (TPSA) is 128 Å². The number of hydrogen-bond donors (Lipinski definition) is 3. The number of hydrogen-bond acceptors (Lipinski definition) is 9. The fourth-order valence-corrected chi connectivity index (χ4v) is 6.22. The quantitative estimate of drug-likeness (QED) is 0.322. The van der Waals surface area contributed by atoms with Crippen molar-refractivity contribution in [3.05, 3.63) is 46.5 Å². The average Bonchev–Trinajstić information content (AvgIpc) is 3.51. The van der Waals surface area contributed by atoms with Gasteiger partial charge in [0.2, 0.25) is 0 Å². The molecule has 2 aliphatic rings. The lowest BCUT2D eigenvalue weighted by molar-refractivity contribution is 0.0300. The number of anilines is 2. The number of carbonyl (C=O) groups is 2. The first kappa shape index (κ1) is 32.3. The third-order valence-electron chi connectivity index (χ3n) is 7.10. The molecule has 2 aromatic heterocycles. The molecule has 43 heavy (non-hydrogen) atoms. The highest BCUT2D eigenvalue weighted by molar-refractivity contribution is 7.21. The van der Waals surface area contributed by atoms with E-state index in [0.717, 1.165) is 39.3 Å². The fourth-order valence-electron chi connectivity index (χ4n) is 5.18. The van der Waals surface area contributed by atoms with Gasteiger partial charge in [-0.2, -0.15) is 0 Å². The van der Waals surface area contributed by atoms with Crippen molar-refractivity contribution in [2.75, 3.05) is 36.9 Å². The Labute approximate surface area is 258 Å². The van der Waals surface area contributed by atoms with Crippen LogP contribution in [-0.4, -0.2) is 67.1 Å². The van der Waals surface area contributed by atoms with Crippen molar-refractivity contribution in [1.29, 1.82) is 0 Å². The van der Waals surface area contributed by atoms with E-state index in [1.165, 1.54) is 11.3 Å². The van der Waals surface area contributed by atoms with Gasteiger partial charge < -0.3 is 35.5 Å². The van der Waals surface area contributed by atoms with E-state index in [1.54, 1.807) is 0 Å². The molecule has 5 rings (SSSR count). The van der Waals surface area contributed by atoms with Crippen molar-refractivity contribution in [1.82, 2.24) is 15.6 Å². The van der Waals surface area contributed by atoms with Crippen LogP contribution in [0.1, 0.15) is 68.9 Å². The molecule has 0 radical (unpaired) electrons. The third kappa shape index (κ3) is 7.88. The third-order valence-corrected chi connectivity index (χ3v) is 8.22. The molecule has 0 bridgehead atoms. The zero-order chi connectivity index (χ0) is 31.3. The molecule has 2 amide bonds. The number of nitrogens with zero attached hydrogens (tertiary/aromatic N) is 2. The van der Waals surface area contributed by atoms with Gasteiger partial charge in [0.05, 0.1) is 23.9 Å². The second kappa shape index (κ2) is 13.8. The van der Waals surface area contributed by atoms with E-state index in [1.807, 2.05) is 65.8 Å². The van der Waals surface area contributed by atoms with E-state index in [9.17, 15) is 9.59 Å². The van der Waals surface area contributed by atoms with Crippen molar-refractivity contribution in [2.45, 2.75) is 85.1 Å². The summed E-state index contributed by atoms with van der Waals surface area (Å²) in [6.07, 6.45) is 0.945. The van der Waals surface area contributed by atoms with Gasteiger partial charge >= 0.3 is 6.09 Å². The van der Waals surface area contributed by atoms with Crippen molar-refractivity contribution in [3.8, 4) is 5.75 Å². The van der Waals surface area contributed by atoms with E-state index in [2.05, 4.69) is 33.5 Å². The number of pyridine rings is 1. The van der Waals surface area contributed by atoms with Crippen LogP contribution >= 0.6 is 11.3 Å². The van der Waals surface area contributed by atoms with Gasteiger partial charge in [-0.3, -0.25) is 4.79 Å². The largest absolute Gasteiger partial charge is 0.491 e. The Kier molecular flexibility index (Phi) is 10.4. The Morgan fingerprint density at radius 2 is 1.93 bits per heavy atom. The Balaban J connectivity index is 0.00000207. The van der Waals surface area contributed by atoms with Crippen LogP contribution in [0.5, 0.6) is 5.75 Å². The molecule has 3 unspecified atom stereocenters. The van der Waals surface area contributed by atoms with Crippen LogP contribution in [0.4, 0.5) is 16.2 Å². The van der Waals surface area contributed by atoms with E-state index in [0.29, 0.717) is 43.3 Å². The highest BCUT2D eigenvalue weighted by Gasteiger charge is 2.36. The van der Waals surface area contributed by atoms with Gasteiger partial charge in [-0.15, -0.1) is 11.3 Å². The summed E-state index contributed by atoms with van der Waals surface area (Å²) in [5, 5.41) is 6.89. The molecule has 11 heteroatoms. The Bertz CT molecular complexity index is 1440. The van der Waals surface area contributed by atoms with Crippen LogP contribution in [-0.2, 0) is 15.9 Å². The summed E-state index contributed by atoms with van der Waals surface area (Å²) in [6, 6.07) is 9.54. The molecular formula is C32H45N5O5S. The van der Waals surface area contributed by atoms with Gasteiger partial charge in [0, 0.05) is 42.5 Å². The van der Waals surface area contributed by atoms with Gasteiger partial charge in [-0.25, -0.2) is 9.78 Å². The SMILES string of the molecule is CC.CCCOC1CN(c2ccc3c(c2)OCC(NC(=O)c2sc4nc(C)ccc4c2N)C3)CC1NC(=O)OC(C)(C)C. The van der Waals surface area contributed by atoms with Crippen LogP contribution in [0.2, 0.25) is 0 Å². The smallest absolute Gasteiger partial charge is 0.408 e. The van der Waals surface area contributed by atoms with Crippen LogP contribution < -0.4 is 26.0 Å². The monoisotopic (exact) mass is 611 g/mol. The van der Waals surface area contributed by atoms with Gasteiger partial charge in [0.1, 0.15) is 27.7 Å². The summed E-state index contributed by atoms with van der Waals surface area (Å²) >= 11 is 1.31. The predicted octanol–water partition coefficient (Wildman–Crippen LogP) is 5.46. The second-order valence-electron chi connectivity index (χ2n) is 11.7. The first-order valence-electron chi connectivity index (χ1n) is 15.1. The number of aryl methyl sites for hydroxylation is 1. The molecule has 0 saturated carbocycles. The zero-order valence-corrected chi connectivity index (χ0v) is 27.1. The molecule has 1 fully saturated rings. The van der Waals surface area contributed by atoms with Gasteiger partial charge in [0.15, 0.2) is 0 Å². The summed E-state index contributed by atoms with van der Waals surface area (Å²) in [5.41, 5.74) is 9.07. The second-order valence-corrected chi connectivity index (χ2v) is 12.7. The number of nitrogen functional groups attached to an aromatic ring is 1. The molecule has 10 nitrogen and oxygen atoms in total. The van der Waals surface area contributed by atoms with Gasteiger partial charge in [0.25, 0.3) is 5.91 Å². The highest BCUT2D eigenvalue weighted by Crippen LogP contribution is 2.34. The number of carbonyl (C=O) groups excluding carboxylic acids is 2. The molecule has 4 heterocycles. The lowest BCUT2D eigenvalue weighted by Gasteiger charge is -2.28. The first-order valence-corrected chi connectivity index (χ1v) is 15.9. The summed E-state index contributed by atoms with van der Waals surface area (Å²) in [7, 11) is 0. The van der Waals surface area contributed by atoms with Crippen LogP contribution in [0.3, 0.4) is 0 Å². The van der Waals surface area contributed by atoms with E-state index < -0.39 is 11.7 Å². The van der Waals surface area contributed by atoms with Crippen molar-refractivity contribution >= 4 is 44.9 Å². The van der Waals surface area contributed by atoms with Gasteiger partial charge in [-0.1, -0.05) is 26.8 Å². The number of benzene rings is 1. The Morgan fingerprint density at radius 3 is 2.65 bits per heavy atom. The van der Waals surface area contributed by atoms with E-state index in [-0.39, 0.29) is 24.1 Å². The molecular weight excluding hydrogens is 566 g/mol. The maximum absolute atomic E-state index is 13.1. The minimum absolute atomic E-state index is 0.153. The molecule has 0 spiro atoms. The maximum Gasteiger partial charge on any atom is 0.408 e. The average molecular weight is 612 g/mol. The number of thiophene rings is 1. The zero-order valence-electron chi connectivity index (χ0n) is 26.3. The highest BCUT2D eigenvalue weighted by atomic mass is 32.1. The number of ether oxygens (including phenoxy) is 3. The minimum Gasteiger partial charge on any atom is -0.491 e.